The van der Waals surface area contributed by atoms with Gasteiger partial charge in [0.2, 0.25) is 11.8 Å². The summed E-state index contributed by atoms with van der Waals surface area (Å²) >= 11 is 6.11. The minimum absolute atomic E-state index is 0.0651. The molecule has 2 aromatic rings. The number of nitrogens with one attached hydrogen (secondary N) is 3. The van der Waals surface area contributed by atoms with Gasteiger partial charge < -0.3 is 16.0 Å². The van der Waals surface area contributed by atoms with Crippen molar-refractivity contribution in [3.8, 4) is 0 Å². The van der Waals surface area contributed by atoms with E-state index in [1.807, 2.05) is 30.3 Å². The Labute approximate surface area is 151 Å². The van der Waals surface area contributed by atoms with Crippen molar-refractivity contribution in [2.75, 3.05) is 10.6 Å². The molecule has 3 rings (SSSR count). The summed E-state index contributed by atoms with van der Waals surface area (Å²) in [5, 5.41) is 9.41. The zero-order valence-electron chi connectivity index (χ0n) is 13.9. The molecule has 0 radical (unpaired) electrons. The van der Waals surface area contributed by atoms with Crippen LogP contribution in [0.5, 0.6) is 0 Å². The van der Waals surface area contributed by atoms with Crippen molar-refractivity contribution >= 4 is 34.8 Å². The molecule has 1 fully saturated rings. The number of halogens is 1. The van der Waals surface area contributed by atoms with Gasteiger partial charge in [-0.25, -0.2) is 0 Å². The first kappa shape index (κ1) is 17.3. The fraction of sp³-hybridized carbons (Fsp3) is 0.263. The van der Waals surface area contributed by atoms with E-state index in [2.05, 4.69) is 16.0 Å². The van der Waals surface area contributed by atoms with Gasteiger partial charge in [-0.2, -0.15) is 0 Å². The topological polar surface area (TPSA) is 70.2 Å². The van der Waals surface area contributed by atoms with E-state index in [-0.39, 0.29) is 17.9 Å². The Balaban J connectivity index is 1.84. The second kappa shape index (κ2) is 7.57. The predicted octanol–water partition coefficient (Wildman–Crippen LogP) is 3.73. The number of carbonyl (C=O) groups excluding carboxylic acids is 2. The van der Waals surface area contributed by atoms with Crippen molar-refractivity contribution in [1.82, 2.24) is 5.32 Å². The number of hydrogen-bond acceptors (Lipinski definition) is 3. The lowest BCUT2D eigenvalue weighted by molar-refractivity contribution is -0.122. The van der Waals surface area contributed by atoms with Gasteiger partial charge in [0.15, 0.2) is 0 Å². The van der Waals surface area contributed by atoms with Crippen LogP contribution in [0, 0.1) is 0 Å². The van der Waals surface area contributed by atoms with Crippen molar-refractivity contribution in [2.45, 2.75) is 31.8 Å². The molecule has 2 amide bonds. The van der Waals surface area contributed by atoms with Crippen LogP contribution < -0.4 is 16.0 Å². The predicted molar refractivity (Wildman–Crippen MR) is 99.7 cm³/mol. The first-order chi connectivity index (χ1) is 12.0. The highest BCUT2D eigenvalue weighted by molar-refractivity contribution is 6.33. The molecule has 0 aliphatic heterocycles. The van der Waals surface area contributed by atoms with Gasteiger partial charge in [-0.1, -0.05) is 41.9 Å². The van der Waals surface area contributed by atoms with Crippen LogP contribution in [-0.4, -0.2) is 17.9 Å². The number of rotatable bonds is 6. The van der Waals surface area contributed by atoms with Gasteiger partial charge in [-0.05, 0) is 36.6 Å². The molecule has 0 saturated heterocycles. The van der Waals surface area contributed by atoms with E-state index in [9.17, 15) is 9.59 Å². The monoisotopic (exact) mass is 357 g/mol. The maximum Gasteiger partial charge on any atom is 0.247 e. The molecule has 130 valence electrons. The molecular weight excluding hydrogens is 338 g/mol. The van der Waals surface area contributed by atoms with Gasteiger partial charge in [0, 0.05) is 18.7 Å². The minimum atomic E-state index is -0.520. The summed E-state index contributed by atoms with van der Waals surface area (Å²) in [5.41, 5.74) is 2.08. The van der Waals surface area contributed by atoms with Gasteiger partial charge in [0.05, 0.1) is 10.7 Å². The molecule has 25 heavy (non-hydrogen) atoms. The maximum atomic E-state index is 12.7. The summed E-state index contributed by atoms with van der Waals surface area (Å²) in [6.45, 7) is 1.42. The van der Waals surface area contributed by atoms with Crippen LogP contribution in [0.25, 0.3) is 0 Å². The lowest BCUT2D eigenvalue weighted by Gasteiger charge is -2.20. The van der Waals surface area contributed by atoms with Gasteiger partial charge in [0.1, 0.15) is 6.04 Å². The molecule has 0 aromatic heterocycles. The fourth-order valence-corrected chi connectivity index (χ4v) is 2.69. The maximum absolute atomic E-state index is 12.7. The standard InChI is InChI=1S/C19H20ClN3O2/c1-12(24)21-17-11-15(9-10-16(17)20)22-18(13-5-3-2-4-6-13)19(25)23-14-7-8-14/h2-6,9-11,14,18,22H,7-8H2,1H3,(H,21,24)(H,23,25)/t18-/m1/s1. The molecule has 5 nitrogen and oxygen atoms in total. The van der Waals surface area contributed by atoms with Crippen LogP contribution in [0.4, 0.5) is 11.4 Å². The average Bonchev–Trinajstić information content (AvgIpc) is 3.39. The average molecular weight is 358 g/mol. The lowest BCUT2D eigenvalue weighted by atomic mass is 10.1. The third-order valence-electron chi connectivity index (χ3n) is 3.91. The second-order valence-electron chi connectivity index (χ2n) is 6.15. The summed E-state index contributed by atoms with van der Waals surface area (Å²) in [6.07, 6.45) is 2.06. The molecule has 0 spiro atoms. The highest BCUT2D eigenvalue weighted by Crippen LogP contribution is 2.29. The van der Waals surface area contributed by atoms with Crippen molar-refractivity contribution in [2.24, 2.45) is 0 Å². The molecule has 0 heterocycles. The molecule has 1 aliphatic rings. The van der Waals surface area contributed by atoms with E-state index >= 15 is 0 Å². The van der Waals surface area contributed by atoms with E-state index < -0.39 is 6.04 Å². The third kappa shape index (κ3) is 4.73. The smallest absolute Gasteiger partial charge is 0.247 e. The number of hydrogen-bond donors (Lipinski definition) is 3. The minimum Gasteiger partial charge on any atom is -0.370 e. The van der Waals surface area contributed by atoms with Gasteiger partial charge in [0.25, 0.3) is 0 Å². The SMILES string of the molecule is CC(=O)Nc1cc(N[C@@H](C(=O)NC2CC2)c2ccccc2)ccc1Cl. The van der Waals surface area contributed by atoms with Crippen LogP contribution in [0.3, 0.4) is 0 Å². The largest absolute Gasteiger partial charge is 0.370 e. The van der Waals surface area contributed by atoms with Crippen molar-refractivity contribution in [3.05, 3.63) is 59.1 Å². The number of benzene rings is 2. The second-order valence-corrected chi connectivity index (χ2v) is 6.55. The summed E-state index contributed by atoms with van der Waals surface area (Å²) in [4.78, 5) is 24.0. The summed E-state index contributed by atoms with van der Waals surface area (Å²) in [7, 11) is 0. The van der Waals surface area contributed by atoms with Crippen molar-refractivity contribution in [3.63, 3.8) is 0 Å². The summed E-state index contributed by atoms with van der Waals surface area (Å²) in [6, 6.07) is 14.5. The van der Waals surface area contributed by atoms with Gasteiger partial charge in [-0.15, -0.1) is 0 Å². The third-order valence-corrected chi connectivity index (χ3v) is 4.24. The Bertz CT molecular complexity index is 775. The van der Waals surface area contributed by atoms with E-state index in [4.69, 9.17) is 11.6 Å². The van der Waals surface area contributed by atoms with E-state index in [0.717, 1.165) is 18.4 Å². The first-order valence-electron chi connectivity index (χ1n) is 8.22. The van der Waals surface area contributed by atoms with E-state index in [1.54, 1.807) is 18.2 Å². The lowest BCUT2D eigenvalue weighted by Crippen LogP contribution is -2.34. The molecular formula is C19H20ClN3O2. The summed E-state index contributed by atoms with van der Waals surface area (Å²) in [5.74, 6) is -0.269. The van der Waals surface area contributed by atoms with E-state index in [0.29, 0.717) is 16.4 Å². The van der Waals surface area contributed by atoms with Crippen LogP contribution in [0.1, 0.15) is 31.4 Å². The van der Waals surface area contributed by atoms with Crippen LogP contribution in [0.15, 0.2) is 48.5 Å². The Kier molecular flexibility index (Phi) is 5.24. The molecule has 6 heteroatoms. The molecule has 1 atom stereocenters. The first-order valence-corrected chi connectivity index (χ1v) is 8.60. The van der Waals surface area contributed by atoms with Crippen LogP contribution in [0.2, 0.25) is 5.02 Å². The van der Waals surface area contributed by atoms with E-state index in [1.165, 1.54) is 6.92 Å². The normalized spacial score (nSPS) is 14.5. The summed E-state index contributed by atoms with van der Waals surface area (Å²) < 4.78 is 0. The molecule has 0 unspecified atom stereocenters. The van der Waals surface area contributed by atoms with Crippen molar-refractivity contribution in [1.29, 1.82) is 0 Å². The Morgan fingerprint density at radius 1 is 1.12 bits per heavy atom. The Morgan fingerprint density at radius 3 is 2.48 bits per heavy atom. The molecule has 3 N–H and O–H groups in total. The molecule has 0 bridgehead atoms. The van der Waals surface area contributed by atoms with Gasteiger partial charge >= 0.3 is 0 Å². The highest BCUT2D eigenvalue weighted by atomic mass is 35.5. The number of carbonyl (C=O) groups is 2. The van der Waals surface area contributed by atoms with Crippen molar-refractivity contribution < 1.29 is 9.59 Å². The Morgan fingerprint density at radius 2 is 1.84 bits per heavy atom. The van der Waals surface area contributed by atoms with Gasteiger partial charge in [-0.3, -0.25) is 9.59 Å². The number of anilines is 2. The molecule has 1 saturated carbocycles. The zero-order chi connectivity index (χ0) is 17.8. The number of amides is 2. The van der Waals surface area contributed by atoms with Crippen LogP contribution in [-0.2, 0) is 9.59 Å². The molecule has 2 aromatic carbocycles. The molecule has 1 aliphatic carbocycles. The fourth-order valence-electron chi connectivity index (χ4n) is 2.53. The highest BCUT2D eigenvalue weighted by Gasteiger charge is 2.28. The van der Waals surface area contributed by atoms with Crippen LogP contribution >= 0.6 is 11.6 Å². The zero-order valence-corrected chi connectivity index (χ0v) is 14.6. The quantitative estimate of drug-likeness (QED) is 0.737. The Hall–Kier alpha value is -2.53.